The lowest BCUT2D eigenvalue weighted by Gasteiger charge is -2.08. The summed E-state index contributed by atoms with van der Waals surface area (Å²) in [5, 5.41) is 10.5. The van der Waals surface area contributed by atoms with Gasteiger partial charge in [-0.05, 0) is 36.8 Å². The van der Waals surface area contributed by atoms with Crippen LogP contribution in [-0.2, 0) is 17.1 Å². The van der Waals surface area contributed by atoms with Crippen LogP contribution >= 0.6 is 0 Å². The third kappa shape index (κ3) is 5.30. The Morgan fingerprint density at radius 1 is 1.10 bits per heavy atom. The highest BCUT2D eigenvalue weighted by molar-refractivity contribution is 7.92. The maximum absolute atomic E-state index is 11.3. The summed E-state index contributed by atoms with van der Waals surface area (Å²) in [5.74, 6) is 0.754. The van der Waals surface area contributed by atoms with Crippen LogP contribution in [0.4, 0.5) is 5.69 Å². The van der Waals surface area contributed by atoms with Gasteiger partial charge in [0.1, 0.15) is 11.8 Å². The molecule has 0 saturated heterocycles. The van der Waals surface area contributed by atoms with Crippen LogP contribution in [0.2, 0.25) is 0 Å². The van der Waals surface area contributed by atoms with Crippen molar-refractivity contribution < 1.29 is 13.2 Å². The van der Waals surface area contributed by atoms with E-state index in [-0.39, 0.29) is 0 Å². The van der Waals surface area contributed by atoms with Gasteiger partial charge in [0.25, 0.3) is 0 Å². The smallest absolute Gasteiger partial charge is 0.229 e. The van der Waals surface area contributed by atoms with E-state index in [2.05, 4.69) is 24.6 Å². The zero-order chi connectivity index (χ0) is 21.6. The van der Waals surface area contributed by atoms with Gasteiger partial charge in [0.15, 0.2) is 0 Å². The number of benzene rings is 2. The molecular weight excluding hydrogens is 386 g/mol. The van der Waals surface area contributed by atoms with Gasteiger partial charge in [-0.2, -0.15) is 5.26 Å². The lowest BCUT2D eigenvalue weighted by molar-refractivity contribution is 0.340. The molecule has 6 nitrogen and oxygen atoms in total. The first-order chi connectivity index (χ1) is 13.8. The second kappa shape index (κ2) is 9.48. The summed E-state index contributed by atoms with van der Waals surface area (Å²) < 4.78 is 32.6. The lowest BCUT2D eigenvalue weighted by Crippen LogP contribution is -2.09. The van der Waals surface area contributed by atoms with Crippen LogP contribution in [0.25, 0.3) is 22.2 Å². The van der Waals surface area contributed by atoms with E-state index in [9.17, 15) is 13.7 Å². The van der Waals surface area contributed by atoms with Crippen molar-refractivity contribution in [3.63, 3.8) is 0 Å². The number of aryl methyl sites for hydroxylation is 1. The van der Waals surface area contributed by atoms with Crippen molar-refractivity contribution in [1.29, 1.82) is 5.26 Å². The Labute approximate surface area is 172 Å². The Balaban J connectivity index is 0.000000941. The fourth-order valence-electron chi connectivity index (χ4n) is 3.03. The van der Waals surface area contributed by atoms with E-state index in [0.29, 0.717) is 17.9 Å². The number of aromatic nitrogens is 1. The normalized spacial score (nSPS) is 10.8. The summed E-state index contributed by atoms with van der Waals surface area (Å²) in [7, 11) is -1.43. The molecule has 1 heterocycles. The number of hydrogen-bond acceptors (Lipinski definition) is 4. The molecule has 0 aliphatic carbocycles. The van der Waals surface area contributed by atoms with Crippen molar-refractivity contribution >= 4 is 26.6 Å². The number of fused-ring (bicyclic) bond motifs is 1. The molecule has 3 rings (SSSR count). The number of ether oxygens (including phenoxy) is 1. The molecule has 0 spiro atoms. The molecule has 2 aromatic carbocycles. The molecule has 3 aromatic rings. The molecule has 0 atom stereocenters. The van der Waals surface area contributed by atoms with Crippen molar-refractivity contribution in [2.24, 2.45) is 7.05 Å². The first-order valence-electron chi connectivity index (χ1n) is 9.49. The average molecular weight is 414 g/mol. The maximum Gasteiger partial charge on any atom is 0.229 e. The first kappa shape index (κ1) is 22.3. The Hall–Kier alpha value is -2.98. The van der Waals surface area contributed by atoms with E-state index in [1.165, 1.54) is 6.42 Å². The Morgan fingerprint density at radius 3 is 2.24 bits per heavy atom. The molecule has 154 valence electrons. The van der Waals surface area contributed by atoms with Gasteiger partial charge in [0.2, 0.25) is 10.0 Å². The second-order valence-electron chi connectivity index (χ2n) is 6.67. The molecule has 1 aromatic heterocycles. The summed E-state index contributed by atoms with van der Waals surface area (Å²) in [4.78, 5) is 0. The number of rotatable bonds is 5. The van der Waals surface area contributed by atoms with E-state index in [1.54, 1.807) is 24.3 Å². The van der Waals surface area contributed by atoms with Crippen molar-refractivity contribution in [1.82, 2.24) is 4.57 Å². The number of nitrogens with one attached hydrogen (secondary N) is 1. The van der Waals surface area contributed by atoms with E-state index in [4.69, 9.17) is 4.74 Å². The quantitative estimate of drug-likeness (QED) is 0.644. The number of hydrogen-bond donors (Lipinski definition) is 1. The summed E-state index contributed by atoms with van der Waals surface area (Å²) in [6.07, 6.45) is 2.36. The highest BCUT2D eigenvalue weighted by Crippen LogP contribution is 2.34. The topological polar surface area (TPSA) is 84.1 Å². The van der Waals surface area contributed by atoms with Gasteiger partial charge >= 0.3 is 0 Å². The van der Waals surface area contributed by atoms with Crippen LogP contribution in [-0.4, -0.2) is 25.8 Å². The molecule has 29 heavy (non-hydrogen) atoms. The van der Waals surface area contributed by atoms with Gasteiger partial charge in [0.05, 0.1) is 29.6 Å². The first-order valence-corrected chi connectivity index (χ1v) is 11.4. The van der Waals surface area contributed by atoms with Crippen molar-refractivity contribution in [2.75, 3.05) is 17.6 Å². The summed E-state index contributed by atoms with van der Waals surface area (Å²) in [6.45, 7) is 6.75. The molecule has 0 amide bonds. The Bertz CT molecular complexity index is 1120. The monoisotopic (exact) mass is 413 g/mol. The zero-order valence-electron chi connectivity index (χ0n) is 17.5. The molecule has 0 saturated carbocycles. The number of sulfonamides is 1. The fraction of sp³-hybridized carbons (Fsp3) is 0.318. The number of anilines is 1. The third-order valence-corrected chi connectivity index (χ3v) is 4.66. The Morgan fingerprint density at radius 2 is 1.72 bits per heavy atom. The van der Waals surface area contributed by atoms with Crippen LogP contribution in [0, 0.1) is 11.3 Å². The van der Waals surface area contributed by atoms with Gasteiger partial charge in [-0.25, -0.2) is 8.42 Å². The zero-order valence-corrected chi connectivity index (χ0v) is 18.3. The van der Waals surface area contributed by atoms with Gasteiger partial charge < -0.3 is 9.30 Å². The summed E-state index contributed by atoms with van der Waals surface area (Å²) >= 11 is 0. The minimum absolute atomic E-state index is 0.479. The van der Waals surface area contributed by atoms with Crippen molar-refractivity contribution in [3.05, 3.63) is 48.0 Å². The highest BCUT2D eigenvalue weighted by atomic mass is 32.2. The van der Waals surface area contributed by atoms with E-state index in [1.807, 2.05) is 36.7 Å². The van der Waals surface area contributed by atoms with Crippen molar-refractivity contribution in [2.45, 2.75) is 27.2 Å². The SMILES string of the molecule is CCC.CCOc1ccc2c(C#N)c(-c3ccc(NS(C)(=O)=O)cc3)n(C)c2c1. The molecule has 0 bridgehead atoms. The van der Waals surface area contributed by atoms with E-state index in [0.717, 1.165) is 34.2 Å². The molecule has 0 aliphatic rings. The molecular formula is C22H27N3O3S. The van der Waals surface area contributed by atoms with Crippen LogP contribution < -0.4 is 9.46 Å². The predicted molar refractivity (Wildman–Crippen MR) is 119 cm³/mol. The molecule has 0 unspecified atom stereocenters. The maximum atomic E-state index is 11.3. The molecule has 0 radical (unpaired) electrons. The molecule has 0 aliphatic heterocycles. The standard InChI is InChI=1S/C19H19N3O3S.C3H8/c1-4-25-15-9-10-16-17(12-20)19(22(2)18(16)11-15)13-5-7-14(8-6-13)21-26(3,23)24;1-3-2/h5-11,21H,4H2,1-3H3;3H2,1-2H3. The van der Waals surface area contributed by atoms with Crippen LogP contribution in [0.15, 0.2) is 42.5 Å². The molecule has 1 N–H and O–H groups in total. The Kier molecular flexibility index (Phi) is 7.29. The van der Waals surface area contributed by atoms with Crippen molar-refractivity contribution in [3.8, 4) is 23.1 Å². The van der Waals surface area contributed by atoms with Gasteiger partial charge in [0, 0.05) is 24.2 Å². The molecule has 7 heteroatoms. The van der Waals surface area contributed by atoms with E-state index >= 15 is 0 Å². The fourth-order valence-corrected chi connectivity index (χ4v) is 3.60. The number of nitrogens with zero attached hydrogens (tertiary/aromatic N) is 2. The van der Waals surface area contributed by atoms with Crippen LogP contribution in [0.1, 0.15) is 32.8 Å². The largest absolute Gasteiger partial charge is 0.494 e. The molecule has 0 fully saturated rings. The highest BCUT2D eigenvalue weighted by Gasteiger charge is 2.17. The van der Waals surface area contributed by atoms with Gasteiger partial charge in [-0.1, -0.05) is 32.4 Å². The average Bonchev–Trinajstić information content (AvgIpc) is 2.94. The summed E-state index contributed by atoms with van der Waals surface area (Å²) in [5.41, 5.74) is 3.57. The number of nitriles is 1. The lowest BCUT2D eigenvalue weighted by atomic mass is 10.1. The minimum Gasteiger partial charge on any atom is -0.494 e. The van der Waals surface area contributed by atoms with Crippen LogP contribution in [0.3, 0.4) is 0 Å². The van der Waals surface area contributed by atoms with Gasteiger partial charge in [-0.3, -0.25) is 4.72 Å². The minimum atomic E-state index is -3.33. The van der Waals surface area contributed by atoms with E-state index < -0.39 is 10.0 Å². The second-order valence-corrected chi connectivity index (χ2v) is 8.41. The predicted octanol–water partition coefficient (Wildman–Crippen LogP) is 4.90. The van der Waals surface area contributed by atoms with Crippen LogP contribution in [0.5, 0.6) is 5.75 Å². The third-order valence-electron chi connectivity index (χ3n) is 4.06. The summed E-state index contributed by atoms with van der Waals surface area (Å²) in [6, 6.07) is 14.9. The van der Waals surface area contributed by atoms with Gasteiger partial charge in [-0.15, -0.1) is 0 Å².